The molecule has 0 aliphatic carbocycles. The van der Waals surface area contributed by atoms with Gasteiger partial charge in [0.1, 0.15) is 4.70 Å². The zero-order chi connectivity index (χ0) is 20.1. The minimum absolute atomic E-state index is 0.0525. The summed E-state index contributed by atoms with van der Waals surface area (Å²) in [4.78, 5) is 29.7. The van der Waals surface area contributed by atoms with Gasteiger partial charge in [0.25, 0.3) is 5.56 Å². The summed E-state index contributed by atoms with van der Waals surface area (Å²) in [5.74, 6) is 0.177. The average Bonchev–Trinajstić information content (AvgIpc) is 3.16. The number of thiophene rings is 1. The van der Waals surface area contributed by atoms with Crippen LogP contribution in [0.4, 0.5) is 0 Å². The zero-order valence-corrected chi connectivity index (χ0v) is 18.2. The van der Waals surface area contributed by atoms with Gasteiger partial charge in [-0.05, 0) is 48.9 Å². The number of rotatable bonds is 8. The maximum absolute atomic E-state index is 13.0. The van der Waals surface area contributed by atoms with Crippen LogP contribution in [0.3, 0.4) is 0 Å². The Morgan fingerprint density at radius 2 is 2.07 bits per heavy atom. The first-order chi connectivity index (χ1) is 13.5. The second-order valence-electron chi connectivity index (χ2n) is 6.53. The summed E-state index contributed by atoms with van der Waals surface area (Å²) in [5, 5.41) is 6.07. The highest BCUT2D eigenvalue weighted by Crippen LogP contribution is 2.21. The molecule has 1 aromatic carbocycles. The van der Waals surface area contributed by atoms with Crippen LogP contribution in [0.5, 0.6) is 0 Å². The van der Waals surface area contributed by atoms with Gasteiger partial charge in [0.15, 0.2) is 5.16 Å². The van der Waals surface area contributed by atoms with Crippen molar-refractivity contribution in [3.8, 4) is 0 Å². The second-order valence-corrected chi connectivity index (χ2v) is 8.82. The summed E-state index contributed by atoms with van der Waals surface area (Å²) in [6, 6.07) is 9.57. The number of amides is 1. The lowest BCUT2D eigenvalue weighted by Gasteiger charge is -2.14. The maximum atomic E-state index is 13.0. The van der Waals surface area contributed by atoms with Gasteiger partial charge in [0.05, 0.1) is 11.3 Å². The Balaban J connectivity index is 1.81. The molecule has 0 spiro atoms. The molecule has 3 rings (SSSR count). The van der Waals surface area contributed by atoms with Gasteiger partial charge in [-0.15, -0.1) is 11.3 Å². The highest BCUT2D eigenvalue weighted by atomic mass is 35.5. The molecule has 0 bridgehead atoms. The third-order valence-corrected chi connectivity index (χ3v) is 6.54. The molecular weight excluding hydrogens is 414 g/mol. The number of hydrogen-bond donors (Lipinski definition) is 1. The number of carbonyl (C=O) groups excluding carboxylic acids is 1. The van der Waals surface area contributed by atoms with Crippen LogP contribution in [0.1, 0.15) is 25.8 Å². The molecule has 1 atom stereocenters. The fourth-order valence-electron chi connectivity index (χ4n) is 2.67. The Morgan fingerprint density at radius 1 is 1.32 bits per heavy atom. The quantitative estimate of drug-likeness (QED) is 0.421. The number of carbonyl (C=O) groups is 1. The summed E-state index contributed by atoms with van der Waals surface area (Å²) in [6.45, 7) is 4.50. The number of nitrogens with one attached hydrogen (secondary N) is 1. The van der Waals surface area contributed by atoms with E-state index in [0.717, 1.165) is 12.0 Å². The van der Waals surface area contributed by atoms with Crippen LogP contribution in [-0.2, 0) is 17.8 Å². The molecular formula is C20H22ClN3O2S2. The molecule has 28 heavy (non-hydrogen) atoms. The standard InChI is InChI=1S/C20H22ClN3O2S2/c1-3-13(2)22-17(25)12-28-20-23-16-9-11-27-18(16)19(26)24(20)10-8-14-4-6-15(21)7-5-14/h4-7,9,11,13H,3,8,10,12H2,1-2H3,(H,22,25). The van der Waals surface area contributed by atoms with Crippen LogP contribution in [0.2, 0.25) is 5.02 Å². The molecule has 2 aromatic heterocycles. The van der Waals surface area contributed by atoms with Crippen molar-refractivity contribution >= 4 is 50.8 Å². The van der Waals surface area contributed by atoms with Crippen LogP contribution >= 0.6 is 34.7 Å². The number of hydrogen-bond acceptors (Lipinski definition) is 5. The van der Waals surface area contributed by atoms with Crippen LogP contribution in [-0.4, -0.2) is 27.3 Å². The molecule has 1 unspecified atom stereocenters. The highest BCUT2D eigenvalue weighted by Gasteiger charge is 2.15. The van der Waals surface area contributed by atoms with Gasteiger partial charge in [0.2, 0.25) is 5.91 Å². The number of halogens is 1. The number of fused-ring (bicyclic) bond motifs is 1. The number of thioether (sulfide) groups is 1. The van der Waals surface area contributed by atoms with E-state index in [4.69, 9.17) is 11.6 Å². The molecule has 0 radical (unpaired) electrons. The molecule has 8 heteroatoms. The first-order valence-electron chi connectivity index (χ1n) is 9.12. The Morgan fingerprint density at radius 3 is 2.79 bits per heavy atom. The molecule has 0 saturated heterocycles. The van der Waals surface area contributed by atoms with Crippen molar-refractivity contribution in [1.82, 2.24) is 14.9 Å². The predicted octanol–water partition coefficient (Wildman–Crippen LogP) is 4.36. The Labute approximate surface area is 177 Å². The third kappa shape index (κ3) is 5.16. The molecule has 0 aliphatic heterocycles. The summed E-state index contributed by atoms with van der Waals surface area (Å²) >= 11 is 8.64. The van der Waals surface area contributed by atoms with Crippen molar-refractivity contribution < 1.29 is 4.79 Å². The van der Waals surface area contributed by atoms with Crippen LogP contribution in [0.15, 0.2) is 45.7 Å². The van der Waals surface area contributed by atoms with Gasteiger partial charge in [-0.2, -0.15) is 0 Å². The van der Waals surface area contributed by atoms with Crippen molar-refractivity contribution in [1.29, 1.82) is 0 Å². The second kappa shape index (κ2) is 9.58. The van der Waals surface area contributed by atoms with E-state index in [1.165, 1.54) is 23.1 Å². The summed E-state index contributed by atoms with van der Waals surface area (Å²) in [6.07, 6.45) is 1.56. The SMILES string of the molecule is CCC(C)NC(=O)CSc1nc2ccsc2c(=O)n1CCc1ccc(Cl)cc1. The van der Waals surface area contributed by atoms with Gasteiger partial charge in [-0.3, -0.25) is 14.2 Å². The number of aryl methyl sites for hydroxylation is 1. The fourth-order valence-corrected chi connectivity index (χ4v) is 4.41. The van der Waals surface area contributed by atoms with Gasteiger partial charge in [0, 0.05) is 17.6 Å². The molecule has 5 nitrogen and oxygen atoms in total. The highest BCUT2D eigenvalue weighted by molar-refractivity contribution is 7.99. The Hall–Kier alpha value is -1.83. The van der Waals surface area contributed by atoms with E-state index >= 15 is 0 Å². The summed E-state index contributed by atoms with van der Waals surface area (Å²) < 4.78 is 2.32. The Bertz CT molecular complexity index is 1010. The van der Waals surface area contributed by atoms with E-state index in [9.17, 15) is 9.59 Å². The van der Waals surface area contributed by atoms with E-state index < -0.39 is 0 Å². The smallest absolute Gasteiger partial charge is 0.272 e. The minimum atomic E-state index is -0.0567. The van der Waals surface area contributed by atoms with E-state index in [0.29, 0.717) is 33.4 Å². The van der Waals surface area contributed by atoms with Gasteiger partial charge >= 0.3 is 0 Å². The summed E-state index contributed by atoms with van der Waals surface area (Å²) in [5.41, 5.74) is 1.72. The van der Waals surface area contributed by atoms with Gasteiger partial charge < -0.3 is 5.32 Å². The number of benzene rings is 1. The van der Waals surface area contributed by atoms with Gasteiger partial charge in [-0.1, -0.05) is 42.4 Å². The van der Waals surface area contributed by atoms with Crippen molar-refractivity contribution in [2.45, 2.75) is 44.4 Å². The van der Waals surface area contributed by atoms with E-state index in [1.54, 1.807) is 4.57 Å². The first-order valence-corrected chi connectivity index (χ1v) is 11.4. The van der Waals surface area contributed by atoms with E-state index in [-0.39, 0.29) is 23.3 Å². The molecule has 0 saturated carbocycles. The van der Waals surface area contributed by atoms with E-state index in [2.05, 4.69) is 10.3 Å². The lowest BCUT2D eigenvalue weighted by molar-refractivity contribution is -0.119. The molecule has 0 fully saturated rings. The van der Waals surface area contributed by atoms with Gasteiger partial charge in [-0.25, -0.2) is 4.98 Å². The third-order valence-electron chi connectivity index (χ3n) is 4.42. The maximum Gasteiger partial charge on any atom is 0.272 e. The van der Waals surface area contributed by atoms with Crippen LogP contribution in [0, 0.1) is 0 Å². The first kappa shape index (κ1) is 20.9. The van der Waals surface area contributed by atoms with Crippen molar-refractivity contribution in [2.24, 2.45) is 0 Å². The lowest BCUT2D eigenvalue weighted by atomic mass is 10.1. The average molecular weight is 436 g/mol. The monoisotopic (exact) mass is 435 g/mol. The Kier molecular flexibility index (Phi) is 7.15. The molecule has 2 heterocycles. The fraction of sp³-hybridized carbons (Fsp3) is 0.350. The van der Waals surface area contributed by atoms with Crippen molar-refractivity contribution in [3.63, 3.8) is 0 Å². The van der Waals surface area contributed by atoms with Crippen LogP contribution in [0.25, 0.3) is 10.2 Å². The largest absolute Gasteiger partial charge is 0.353 e. The van der Waals surface area contributed by atoms with Crippen molar-refractivity contribution in [2.75, 3.05) is 5.75 Å². The normalized spacial score (nSPS) is 12.2. The number of aromatic nitrogens is 2. The topological polar surface area (TPSA) is 64.0 Å². The minimum Gasteiger partial charge on any atom is -0.353 e. The zero-order valence-electron chi connectivity index (χ0n) is 15.8. The molecule has 1 N–H and O–H groups in total. The van der Waals surface area contributed by atoms with Crippen molar-refractivity contribution in [3.05, 3.63) is 56.7 Å². The van der Waals surface area contributed by atoms with E-state index in [1.807, 2.05) is 49.6 Å². The molecule has 0 aliphatic rings. The molecule has 1 amide bonds. The predicted molar refractivity (Wildman–Crippen MR) is 118 cm³/mol. The number of nitrogens with zero attached hydrogens (tertiary/aromatic N) is 2. The molecule has 148 valence electrons. The van der Waals surface area contributed by atoms with Crippen LogP contribution < -0.4 is 10.9 Å². The molecule has 3 aromatic rings. The lowest BCUT2D eigenvalue weighted by Crippen LogP contribution is -2.33. The summed E-state index contributed by atoms with van der Waals surface area (Å²) in [7, 11) is 0.